The van der Waals surface area contributed by atoms with Gasteiger partial charge in [-0.05, 0) is 63.5 Å². The zero-order valence-electron chi connectivity index (χ0n) is 11.6. The molecule has 1 N–H and O–H groups in total. The van der Waals surface area contributed by atoms with Gasteiger partial charge in [0.2, 0.25) is 0 Å². The summed E-state index contributed by atoms with van der Waals surface area (Å²) in [5, 5.41) is 4.21. The molecule has 1 aliphatic rings. The van der Waals surface area contributed by atoms with E-state index in [1.54, 1.807) is 0 Å². The molecule has 0 aliphatic heterocycles. The Morgan fingerprint density at radius 2 is 2.21 bits per heavy atom. The first-order valence-corrected chi connectivity index (χ1v) is 8.08. The summed E-state index contributed by atoms with van der Waals surface area (Å²) >= 11 is 9.78. The number of nitrogens with one attached hydrogen (secondary N) is 1. The lowest BCUT2D eigenvalue weighted by atomic mass is 10.0. The summed E-state index contributed by atoms with van der Waals surface area (Å²) in [6, 6.07) is 6.45. The topological polar surface area (TPSA) is 15.3 Å². The third-order valence-electron chi connectivity index (χ3n) is 3.75. The summed E-state index contributed by atoms with van der Waals surface area (Å²) in [6.45, 7) is 2.35. The lowest BCUT2D eigenvalue weighted by Gasteiger charge is -2.22. The molecular formula is C15H22BrClN2. The number of rotatable bonds is 7. The molecule has 1 unspecified atom stereocenters. The van der Waals surface area contributed by atoms with Crippen LogP contribution in [0.2, 0.25) is 5.02 Å². The summed E-state index contributed by atoms with van der Waals surface area (Å²) in [7, 11) is 4.22. The maximum absolute atomic E-state index is 6.33. The standard InChI is InChI=1S/C15H22BrClN2/c1-18-15(7-8-19(2)10-11-3-4-11)13-6-5-12(16)9-14(13)17/h5-6,9,11,15,18H,3-4,7-8,10H2,1-2H3. The van der Waals surface area contributed by atoms with Crippen LogP contribution >= 0.6 is 27.5 Å². The van der Waals surface area contributed by atoms with E-state index in [1.807, 2.05) is 13.1 Å². The predicted molar refractivity (Wildman–Crippen MR) is 85.8 cm³/mol. The summed E-state index contributed by atoms with van der Waals surface area (Å²) < 4.78 is 1.03. The minimum atomic E-state index is 0.322. The minimum Gasteiger partial charge on any atom is -0.313 e. The molecule has 106 valence electrons. The average molecular weight is 346 g/mol. The number of halogens is 2. The van der Waals surface area contributed by atoms with Crippen molar-refractivity contribution in [1.29, 1.82) is 0 Å². The molecular weight excluding hydrogens is 324 g/mol. The Hall–Kier alpha value is -0.0900. The number of benzene rings is 1. The molecule has 1 aliphatic carbocycles. The fraction of sp³-hybridized carbons (Fsp3) is 0.600. The van der Waals surface area contributed by atoms with Gasteiger partial charge in [-0.15, -0.1) is 0 Å². The van der Waals surface area contributed by atoms with E-state index < -0.39 is 0 Å². The van der Waals surface area contributed by atoms with Gasteiger partial charge in [-0.1, -0.05) is 33.6 Å². The predicted octanol–water partition coefficient (Wildman–Crippen LogP) is 4.09. The quantitative estimate of drug-likeness (QED) is 0.800. The van der Waals surface area contributed by atoms with Crippen molar-refractivity contribution in [2.75, 3.05) is 27.2 Å². The van der Waals surface area contributed by atoms with Gasteiger partial charge < -0.3 is 10.2 Å². The second-order valence-corrected chi connectivity index (χ2v) is 6.82. The van der Waals surface area contributed by atoms with Crippen LogP contribution in [0.15, 0.2) is 22.7 Å². The smallest absolute Gasteiger partial charge is 0.0465 e. The number of nitrogens with zero attached hydrogens (tertiary/aromatic N) is 1. The maximum atomic E-state index is 6.33. The SMILES string of the molecule is CNC(CCN(C)CC1CC1)c1ccc(Br)cc1Cl. The molecule has 0 saturated heterocycles. The number of hydrogen-bond donors (Lipinski definition) is 1. The van der Waals surface area contributed by atoms with Gasteiger partial charge in [0.05, 0.1) is 0 Å². The lowest BCUT2D eigenvalue weighted by molar-refractivity contribution is 0.299. The van der Waals surface area contributed by atoms with Crippen molar-refractivity contribution >= 4 is 27.5 Å². The molecule has 1 aromatic carbocycles. The van der Waals surface area contributed by atoms with E-state index in [-0.39, 0.29) is 0 Å². The average Bonchev–Trinajstić information content (AvgIpc) is 3.16. The van der Waals surface area contributed by atoms with Crippen LogP contribution in [0.4, 0.5) is 0 Å². The Morgan fingerprint density at radius 1 is 1.47 bits per heavy atom. The molecule has 0 bridgehead atoms. The normalized spacial score (nSPS) is 16.9. The summed E-state index contributed by atoms with van der Waals surface area (Å²) in [5.74, 6) is 0.953. The molecule has 4 heteroatoms. The molecule has 0 spiro atoms. The van der Waals surface area contributed by atoms with Crippen LogP contribution in [-0.4, -0.2) is 32.1 Å². The summed E-state index contributed by atoms with van der Waals surface area (Å²) in [5.41, 5.74) is 1.19. The van der Waals surface area contributed by atoms with Crippen LogP contribution in [0.1, 0.15) is 30.9 Å². The van der Waals surface area contributed by atoms with Crippen LogP contribution < -0.4 is 5.32 Å². The molecule has 0 heterocycles. The molecule has 1 aromatic rings. The fourth-order valence-electron chi connectivity index (χ4n) is 2.42. The zero-order chi connectivity index (χ0) is 13.8. The zero-order valence-corrected chi connectivity index (χ0v) is 14.0. The Kier molecular flexibility index (Phi) is 5.70. The first-order chi connectivity index (χ1) is 9.10. The van der Waals surface area contributed by atoms with Crippen LogP contribution in [0.3, 0.4) is 0 Å². The lowest BCUT2D eigenvalue weighted by Crippen LogP contribution is -2.27. The molecule has 1 saturated carbocycles. The van der Waals surface area contributed by atoms with Gasteiger partial charge in [0, 0.05) is 22.1 Å². The van der Waals surface area contributed by atoms with Crippen molar-refractivity contribution in [3.8, 4) is 0 Å². The second kappa shape index (κ2) is 7.07. The van der Waals surface area contributed by atoms with Crippen molar-refractivity contribution in [1.82, 2.24) is 10.2 Å². The van der Waals surface area contributed by atoms with E-state index in [4.69, 9.17) is 11.6 Å². The molecule has 1 atom stereocenters. The van der Waals surface area contributed by atoms with Crippen molar-refractivity contribution in [2.24, 2.45) is 5.92 Å². The van der Waals surface area contributed by atoms with Crippen molar-refractivity contribution in [3.63, 3.8) is 0 Å². The summed E-state index contributed by atoms with van der Waals surface area (Å²) in [4.78, 5) is 2.44. The van der Waals surface area contributed by atoms with Gasteiger partial charge in [-0.3, -0.25) is 0 Å². The molecule has 0 radical (unpaired) electrons. The van der Waals surface area contributed by atoms with Gasteiger partial charge >= 0.3 is 0 Å². The molecule has 1 fully saturated rings. The van der Waals surface area contributed by atoms with Gasteiger partial charge in [0.15, 0.2) is 0 Å². The second-order valence-electron chi connectivity index (χ2n) is 5.50. The van der Waals surface area contributed by atoms with Crippen LogP contribution in [0.5, 0.6) is 0 Å². The molecule has 0 aromatic heterocycles. The van der Waals surface area contributed by atoms with E-state index in [0.717, 1.165) is 28.4 Å². The molecule has 2 rings (SSSR count). The van der Waals surface area contributed by atoms with Crippen molar-refractivity contribution in [2.45, 2.75) is 25.3 Å². The summed E-state index contributed by atoms with van der Waals surface area (Å²) in [6.07, 6.45) is 3.91. The molecule has 0 amide bonds. The first kappa shape index (κ1) is 15.3. The molecule has 2 nitrogen and oxygen atoms in total. The largest absolute Gasteiger partial charge is 0.313 e. The Morgan fingerprint density at radius 3 is 2.79 bits per heavy atom. The van der Waals surface area contributed by atoms with Gasteiger partial charge in [-0.25, -0.2) is 0 Å². The highest BCUT2D eigenvalue weighted by atomic mass is 79.9. The van der Waals surface area contributed by atoms with Gasteiger partial charge in [0.25, 0.3) is 0 Å². The van der Waals surface area contributed by atoms with E-state index in [9.17, 15) is 0 Å². The minimum absolute atomic E-state index is 0.322. The number of hydrogen-bond acceptors (Lipinski definition) is 2. The Balaban J connectivity index is 1.91. The first-order valence-electron chi connectivity index (χ1n) is 6.91. The van der Waals surface area contributed by atoms with Crippen LogP contribution in [-0.2, 0) is 0 Å². The fourth-order valence-corrected chi connectivity index (χ4v) is 3.23. The van der Waals surface area contributed by atoms with Crippen LogP contribution in [0, 0.1) is 5.92 Å². The maximum Gasteiger partial charge on any atom is 0.0465 e. The highest BCUT2D eigenvalue weighted by Gasteiger charge is 2.23. The van der Waals surface area contributed by atoms with Crippen molar-refractivity contribution in [3.05, 3.63) is 33.3 Å². The third-order valence-corrected chi connectivity index (χ3v) is 4.57. The Bertz CT molecular complexity index is 421. The highest BCUT2D eigenvalue weighted by Crippen LogP contribution is 2.30. The van der Waals surface area contributed by atoms with E-state index in [2.05, 4.69) is 45.3 Å². The van der Waals surface area contributed by atoms with Crippen molar-refractivity contribution < 1.29 is 0 Å². The van der Waals surface area contributed by atoms with E-state index >= 15 is 0 Å². The third kappa shape index (κ3) is 4.75. The highest BCUT2D eigenvalue weighted by molar-refractivity contribution is 9.10. The van der Waals surface area contributed by atoms with Crippen LogP contribution in [0.25, 0.3) is 0 Å². The Labute approximate surface area is 129 Å². The van der Waals surface area contributed by atoms with Gasteiger partial charge in [0.1, 0.15) is 0 Å². The van der Waals surface area contributed by atoms with E-state index in [0.29, 0.717) is 6.04 Å². The molecule has 19 heavy (non-hydrogen) atoms. The van der Waals surface area contributed by atoms with Gasteiger partial charge in [-0.2, -0.15) is 0 Å². The van der Waals surface area contributed by atoms with E-state index in [1.165, 1.54) is 24.9 Å². The monoisotopic (exact) mass is 344 g/mol.